The zero-order valence-corrected chi connectivity index (χ0v) is 8.94. The Kier molecular flexibility index (Phi) is 4.16. The quantitative estimate of drug-likeness (QED) is 0.689. The van der Waals surface area contributed by atoms with Gasteiger partial charge < -0.3 is 5.32 Å². The van der Waals surface area contributed by atoms with E-state index in [9.17, 15) is 4.79 Å². The van der Waals surface area contributed by atoms with Crippen LogP contribution in [0.5, 0.6) is 0 Å². The van der Waals surface area contributed by atoms with Gasteiger partial charge in [0.15, 0.2) is 0 Å². The van der Waals surface area contributed by atoms with Gasteiger partial charge in [0.1, 0.15) is 5.78 Å². The van der Waals surface area contributed by atoms with Crippen LogP contribution in [0.1, 0.15) is 39.0 Å². The van der Waals surface area contributed by atoms with Crippen LogP contribution in [-0.4, -0.2) is 18.9 Å². The molecule has 1 aliphatic heterocycles. The lowest BCUT2D eigenvalue weighted by Gasteiger charge is -2.35. The van der Waals surface area contributed by atoms with E-state index in [2.05, 4.69) is 18.2 Å². The zero-order chi connectivity index (χ0) is 10.4. The lowest BCUT2D eigenvalue weighted by atomic mass is 9.73. The molecule has 0 spiro atoms. The summed E-state index contributed by atoms with van der Waals surface area (Å²) >= 11 is 0. The molecule has 14 heavy (non-hydrogen) atoms. The van der Waals surface area contributed by atoms with Crippen molar-refractivity contribution in [1.29, 1.82) is 0 Å². The third kappa shape index (κ3) is 2.36. The average Bonchev–Trinajstić information content (AvgIpc) is 2.26. The summed E-state index contributed by atoms with van der Waals surface area (Å²) in [5, 5.41) is 3.31. The molecule has 0 aromatic heterocycles. The maximum Gasteiger partial charge on any atom is 0.141 e. The second-order valence-electron chi connectivity index (χ2n) is 4.04. The van der Waals surface area contributed by atoms with Crippen LogP contribution < -0.4 is 5.32 Å². The van der Waals surface area contributed by atoms with Gasteiger partial charge >= 0.3 is 0 Å². The normalized spacial score (nSPS) is 26.9. The first-order valence-electron chi connectivity index (χ1n) is 5.42. The van der Waals surface area contributed by atoms with E-state index in [-0.39, 0.29) is 5.41 Å². The van der Waals surface area contributed by atoms with Gasteiger partial charge in [0.25, 0.3) is 0 Å². The van der Waals surface area contributed by atoms with Crippen LogP contribution in [0.25, 0.3) is 0 Å². The first-order valence-corrected chi connectivity index (χ1v) is 5.42. The van der Waals surface area contributed by atoms with Crippen LogP contribution >= 0.6 is 0 Å². The molecule has 78 valence electrons. The first-order chi connectivity index (χ1) is 6.75. The molecule has 0 radical (unpaired) electrons. The Morgan fingerprint density at radius 3 is 2.93 bits per heavy atom. The van der Waals surface area contributed by atoms with E-state index in [0.717, 1.165) is 32.4 Å². The van der Waals surface area contributed by atoms with Crippen LogP contribution in [0.3, 0.4) is 0 Å². The summed E-state index contributed by atoms with van der Waals surface area (Å²) in [7, 11) is 0. The molecule has 0 aromatic carbocycles. The minimum atomic E-state index is -0.116. The molecular formula is C12H19NO. The fourth-order valence-corrected chi connectivity index (χ4v) is 2.16. The molecule has 1 fully saturated rings. The van der Waals surface area contributed by atoms with Crippen molar-refractivity contribution in [2.75, 3.05) is 13.1 Å². The van der Waals surface area contributed by atoms with Crippen LogP contribution in [0.2, 0.25) is 0 Å². The number of rotatable bonds is 4. The van der Waals surface area contributed by atoms with Crippen LogP contribution in [-0.2, 0) is 4.79 Å². The summed E-state index contributed by atoms with van der Waals surface area (Å²) in [6.07, 6.45) is 9.37. The number of piperidine rings is 1. The van der Waals surface area contributed by atoms with Crippen LogP contribution in [0, 0.1) is 17.8 Å². The fraction of sp³-hybridized carbons (Fsp3) is 0.750. The third-order valence-electron chi connectivity index (χ3n) is 3.24. The predicted octanol–water partition coefficient (Wildman–Crippen LogP) is 1.75. The summed E-state index contributed by atoms with van der Waals surface area (Å²) in [5.41, 5.74) is -0.116. The van der Waals surface area contributed by atoms with Crippen molar-refractivity contribution in [3.8, 4) is 12.3 Å². The van der Waals surface area contributed by atoms with Gasteiger partial charge in [0.05, 0.1) is 0 Å². The molecule has 0 amide bonds. The van der Waals surface area contributed by atoms with Crippen molar-refractivity contribution < 1.29 is 4.79 Å². The SMILES string of the molecule is C#CCCC(=O)C1(CC)CCCNC1. The highest BCUT2D eigenvalue weighted by Gasteiger charge is 2.36. The Morgan fingerprint density at radius 1 is 1.64 bits per heavy atom. The summed E-state index contributed by atoms with van der Waals surface area (Å²) in [6.45, 7) is 3.98. The van der Waals surface area contributed by atoms with E-state index < -0.39 is 0 Å². The van der Waals surface area contributed by atoms with Gasteiger partial charge in [-0.3, -0.25) is 4.79 Å². The Labute approximate surface area is 86.5 Å². The second kappa shape index (κ2) is 5.17. The number of carbonyl (C=O) groups is 1. The molecule has 2 heteroatoms. The molecule has 1 saturated heterocycles. The summed E-state index contributed by atoms with van der Waals surface area (Å²) in [5.74, 6) is 2.89. The Morgan fingerprint density at radius 2 is 2.43 bits per heavy atom. The van der Waals surface area contributed by atoms with Gasteiger partial charge in [0, 0.05) is 24.8 Å². The van der Waals surface area contributed by atoms with Gasteiger partial charge in [-0.05, 0) is 25.8 Å². The van der Waals surface area contributed by atoms with Gasteiger partial charge in [-0.25, -0.2) is 0 Å². The number of terminal acetylenes is 1. The minimum absolute atomic E-state index is 0.116. The lowest BCUT2D eigenvalue weighted by Crippen LogP contribution is -2.45. The number of hydrogen-bond donors (Lipinski definition) is 1. The van der Waals surface area contributed by atoms with Crippen molar-refractivity contribution in [2.45, 2.75) is 39.0 Å². The standard InChI is InChI=1S/C12H19NO/c1-3-5-7-11(14)12(4-2)8-6-9-13-10-12/h1,13H,4-10H2,2H3. The summed E-state index contributed by atoms with van der Waals surface area (Å²) in [4.78, 5) is 12.0. The lowest BCUT2D eigenvalue weighted by molar-refractivity contribution is -0.129. The average molecular weight is 193 g/mol. The highest BCUT2D eigenvalue weighted by atomic mass is 16.1. The Hall–Kier alpha value is -0.810. The second-order valence-corrected chi connectivity index (χ2v) is 4.04. The van der Waals surface area contributed by atoms with Crippen molar-refractivity contribution in [3.63, 3.8) is 0 Å². The third-order valence-corrected chi connectivity index (χ3v) is 3.24. The van der Waals surface area contributed by atoms with E-state index >= 15 is 0 Å². The fourth-order valence-electron chi connectivity index (χ4n) is 2.16. The maximum atomic E-state index is 12.0. The number of ketones is 1. The Balaban J connectivity index is 2.58. The number of Topliss-reactive ketones (excluding diaryl/α,β-unsaturated/α-hetero) is 1. The molecule has 1 unspecified atom stereocenters. The molecule has 1 atom stereocenters. The van der Waals surface area contributed by atoms with Gasteiger partial charge in [-0.15, -0.1) is 12.3 Å². The van der Waals surface area contributed by atoms with E-state index in [1.807, 2.05) is 0 Å². The Bertz CT molecular complexity index is 233. The largest absolute Gasteiger partial charge is 0.316 e. The van der Waals surface area contributed by atoms with E-state index in [1.165, 1.54) is 0 Å². The van der Waals surface area contributed by atoms with E-state index in [0.29, 0.717) is 18.6 Å². The summed E-state index contributed by atoms with van der Waals surface area (Å²) in [6, 6.07) is 0. The molecule has 0 bridgehead atoms. The van der Waals surface area contributed by atoms with Gasteiger partial charge in [-0.1, -0.05) is 6.92 Å². The van der Waals surface area contributed by atoms with Crippen LogP contribution in [0.4, 0.5) is 0 Å². The van der Waals surface area contributed by atoms with Gasteiger partial charge in [-0.2, -0.15) is 0 Å². The maximum absolute atomic E-state index is 12.0. The first kappa shape index (κ1) is 11.3. The molecular weight excluding hydrogens is 174 g/mol. The molecule has 1 heterocycles. The molecule has 1 rings (SSSR count). The monoisotopic (exact) mass is 193 g/mol. The molecule has 1 aliphatic rings. The van der Waals surface area contributed by atoms with Crippen LogP contribution in [0.15, 0.2) is 0 Å². The smallest absolute Gasteiger partial charge is 0.141 e. The van der Waals surface area contributed by atoms with Crippen molar-refractivity contribution in [2.24, 2.45) is 5.41 Å². The highest BCUT2D eigenvalue weighted by Crippen LogP contribution is 2.32. The molecule has 1 N–H and O–H groups in total. The van der Waals surface area contributed by atoms with Gasteiger partial charge in [0.2, 0.25) is 0 Å². The molecule has 2 nitrogen and oxygen atoms in total. The molecule has 0 aromatic rings. The highest BCUT2D eigenvalue weighted by molar-refractivity contribution is 5.85. The molecule has 0 aliphatic carbocycles. The number of nitrogens with one attached hydrogen (secondary N) is 1. The zero-order valence-electron chi connectivity index (χ0n) is 8.94. The molecule has 0 saturated carbocycles. The van der Waals surface area contributed by atoms with Crippen molar-refractivity contribution in [1.82, 2.24) is 5.32 Å². The number of hydrogen-bond acceptors (Lipinski definition) is 2. The van der Waals surface area contributed by atoms with E-state index in [1.54, 1.807) is 0 Å². The van der Waals surface area contributed by atoms with Crippen molar-refractivity contribution in [3.05, 3.63) is 0 Å². The number of carbonyl (C=O) groups excluding carboxylic acids is 1. The van der Waals surface area contributed by atoms with E-state index in [4.69, 9.17) is 6.42 Å². The topological polar surface area (TPSA) is 29.1 Å². The predicted molar refractivity (Wildman–Crippen MR) is 57.9 cm³/mol. The minimum Gasteiger partial charge on any atom is -0.316 e. The summed E-state index contributed by atoms with van der Waals surface area (Å²) < 4.78 is 0. The van der Waals surface area contributed by atoms with Crippen molar-refractivity contribution >= 4 is 5.78 Å².